The molecule has 0 spiro atoms. The molecule has 0 unspecified atom stereocenters. The molecule has 0 bridgehead atoms. The molecule has 0 aliphatic rings. The van der Waals surface area contributed by atoms with Crippen LogP contribution in [-0.2, 0) is 10.4 Å². The molecule has 0 aromatic heterocycles. The summed E-state index contributed by atoms with van der Waals surface area (Å²) in [5.74, 6) is 0. The van der Waals surface area contributed by atoms with Crippen molar-refractivity contribution in [2.24, 2.45) is 0 Å². The van der Waals surface area contributed by atoms with Crippen LogP contribution in [0.15, 0.2) is 0 Å². The van der Waals surface area contributed by atoms with Crippen molar-refractivity contribution in [1.82, 2.24) is 0 Å². The number of hydrogen-bond acceptors (Lipinski definition) is 4. The van der Waals surface area contributed by atoms with Crippen LogP contribution in [0.1, 0.15) is 1.43 Å². The summed E-state index contributed by atoms with van der Waals surface area (Å²) in [5.41, 5.74) is 0. The first-order chi connectivity index (χ1) is 2.00. The van der Waals surface area contributed by atoms with Gasteiger partial charge in [-0.25, -0.2) is 0 Å². The maximum atomic E-state index is 8.52. The van der Waals surface area contributed by atoms with Crippen LogP contribution >= 0.6 is 0 Å². The zero-order valence-corrected chi connectivity index (χ0v) is 9.06. The van der Waals surface area contributed by atoms with Gasteiger partial charge in [-0.3, -0.25) is 8.42 Å². The zero-order chi connectivity index (χ0) is 4.50. The first-order valence-electron chi connectivity index (χ1n) is 0.667. The van der Waals surface area contributed by atoms with Crippen LogP contribution in [0.2, 0.25) is 0 Å². The molecular formula is H3O4PbS-. The Kier molecular flexibility index (Phi) is 4.77. The normalized spacial score (nSPS) is 9.67. The van der Waals surface area contributed by atoms with Gasteiger partial charge in [0.2, 0.25) is 0 Å². The fourth-order valence-corrected chi connectivity index (χ4v) is 0. The Morgan fingerprint density at radius 1 is 1.33 bits per heavy atom. The van der Waals surface area contributed by atoms with Crippen molar-refractivity contribution in [2.45, 2.75) is 0 Å². The molecule has 0 heterocycles. The Morgan fingerprint density at radius 3 is 1.33 bits per heavy atom. The van der Waals surface area contributed by atoms with E-state index in [0.717, 1.165) is 0 Å². The third-order valence-electron chi connectivity index (χ3n) is 0. The molecule has 0 N–H and O–H groups in total. The van der Waals surface area contributed by atoms with Gasteiger partial charge in [-0.15, -0.1) is 0 Å². The van der Waals surface area contributed by atoms with Crippen LogP contribution in [0.4, 0.5) is 0 Å². The second-order valence-corrected chi connectivity index (χ2v) is 1.22. The van der Waals surface area contributed by atoms with Gasteiger partial charge in [0.25, 0.3) is 0 Å². The molecule has 6 heteroatoms. The topological polar surface area (TPSA) is 80.3 Å². The molecule has 0 atom stereocenters. The first-order valence-corrected chi connectivity index (χ1v) is 2.00. The summed E-state index contributed by atoms with van der Waals surface area (Å²) in [5, 5.41) is 0. The van der Waals surface area contributed by atoms with Crippen LogP contribution in [0.5, 0.6) is 0 Å². The monoisotopic (exact) mass is 307 g/mol. The van der Waals surface area contributed by atoms with Crippen molar-refractivity contribution < 1.29 is 18.9 Å². The van der Waals surface area contributed by atoms with Crippen molar-refractivity contribution in [3.05, 3.63) is 0 Å². The van der Waals surface area contributed by atoms with E-state index >= 15 is 0 Å². The fraction of sp³-hybridized carbons (Fsp3) is 0. The standard InChI is InChI=1S/H2O4S.Pb.2H/c1-5(2,3)4;;;/h(H2,1,2,3,4);;;/p-1. The van der Waals surface area contributed by atoms with E-state index in [1.54, 1.807) is 0 Å². The van der Waals surface area contributed by atoms with E-state index in [4.69, 9.17) is 17.5 Å². The summed E-state index contributed by atoms with van der Waals surface area (Å²) in [7, 11) is -5.17. The predicted molar refractivity (Wildman–Crippen MR) is 20.1 cm³/mol. The molecule has 6 heavy (non-hydrogen) atoms. The molecule has 0 aliphatic heterocycles. The van der Waals surface area contributed by atoms with Gasteiger partial charge in [-0.05, 0) is 0 Å². The van der Waals surface area contributed by atoms with Crippen LogP contribution in [0, 0.1) is 0 Å². The number of rotatable bonds is 0. The van der Waals surface area contributed by atoms with E-state index in [0.29, 0.717) is 0 Å². The van der Waals surface area contributed by atoms with Crippen molar-refractivity contribution >= 4 is 37.7 Å². The Balaban J connectivity index is -0.0000000800. The molecule has 0 amide bonds. The fourth-order valence-electron chi connectivity index (χ4n) is 0. The Labute approximate surface area is 56.8 Å². The molecule has 0 fully saturated rings. The second kappa shape index (κ2) is 2.88. The van der Waals surface area contributed by atoms with Crippen molar-refractivity contribution in [1.29, 1.82) is 0 Å². The van der Waals surface area contributed by atoms with Crippen LogP contribution < -0.4 is 0 Å². The summed E-state index contributed by atoms with van der Waals surface area (Å²) in [6.07, 6.45) is 0. The van der Waals surface area contributed by atoms with E-state index in [1.807, 2.05) is 0 Å². The second-order valence-electron chi connectivity index (χ2n) is 0.408. The van der Waals surface area contributed by atoms with Gasteiger partial charge < -0.3 is 9.11 Å². The molecule has 2 radical (unpaired) electrons. The van der Waals surface area contributed by atoms with Gasteiger partial charge in [-0.2, -0.15) is 0 Å². The summed E-state index contributed by atoms with van der Waals surface area (Å²) in [6.45, 7) is 0. The van der Waals surface area contributed by atoms with Gasteiger partial charge >= 0.3 is 28.7 Å². The van der Waals surface area contributed by atoms with Gasteiger partial charge in [-0.1, -0.05) is 0 Å². The molecular weight excluding hydrogens is 303 g/mol. The summed E-state index contributed by atoms with van der Waals surface area (Å²) in [6, 6.07) is 0. The average molecular weight is 306 g/mol. The van der Waals surface area contributed by atoms with Crippen molar-refractivity contribution in [3.63, 3.8) is 0 Å². The van der Waals surface area contributed by atoms with Crippen molar-refractivity contribution in [2.75, 3.05) is 0 Å². The van der Waals surface area contributed by atoms with E-state index in [1.165, 1.54) is 0 Å². The first kappa shape index (κ1) is 9.92. The van der Waals surface area contributed by atoms with E-state index in [-0.39, 0.29) is 28.7 Å². The van der Waals surface area contributed by atoms with Gasteiger partial charge in [0, 0.05) is 10.4 Å². The van der Waals surface area contributed by atoms with E-state index < -0.39 is 10.4 Å². The van der Waals surface area contributed by atoms with Crippen molar-refractivity contribution in [3.8, 4) is 0 Å². The van der Waals surface area contributed by atoms with Gasteiger partial charge in [0.1, 0.15) is 0 Å². The van der Waals surface area contributed by atoms with Gasteiger partial charge in [0.05, 0.1) is 0 Å². The maximum absolute atomic E-state index is 8.52. The van der Waals surface area contributed by atoms with Crippen LogP contribution in [-0.4, -0.2) is 44.8 Å². The molecule has 0 aliphatic carbocycles. The zero-order valence-electron chi connectivity index (χ0n) is 3.75. The average Bonchev–Trinajstić information content (AvgIpc) is 0.722. The number of hydrogen-bond donors (Lipinski definition) is 0. The van der Waals surface area contributed by atoms with E-state index in [2.05, 4.69) is 0 Å². The molecule has 0 saturated carbocycles. The molecule has 0 rings (SSSR count). The molecule has 38 valence electrons. The third kappa shape index (κ3) is 110. The molecule has 4 nitrogen and oxygen atoms in total. The molecule has 0 aromatic rings. The minimum atomic E-state index is -5.17. The quantitative estimate of drug-likeness (QED) is 0.291. The van der Waals surface area contributed by atoms with Crippen LogP contribution in [0.25, 0.3) is 0 Å². The third-order valence-corrected chi connectivity index (χ3v) is 0. The Morgan fingerprint density at radius 2 is 1.33 bits per heavy atom. The summed E-state index contributed by atoms with van der Waals surface area (Å²) in [4.78, 5) is 0. The summed E-state index contributed by atoms with van der Waals surface area (Å²) >= 11 is 0. The Bertz CT molecular complexity index is 94.9. The predicted octanol–water partition coefficient (Wildman–Crippen LogP) is -2.14. The Hall–Kier alpha value is 0.792. The van der Waals surface area contributed by atoms with Crippen LogP contribution in [0.3, 0.4) is 0 Å². The molecule has 0 saturated heterocycles. The minimum absolute atomic E-state index is 0. The summed E-state index contributed by atoms with van der Waals surface area (Å²) < 4.78 is 34.1. The SMILES string of the molecule is O=S(=O)([O-])[O-].[H+].[PbH2]. The van der Waals surface area contributed by atoms with Gasteiger partial charge in [0.15, 0.2) is 0 Å². The molecule has 0 aromatic carbocycles. The van der Waals surface area contributed by atoms with E-state index in [9.17, 15) is 0 Å².